The Kier molecular flexibility index (Phi) is 6.63. The van der Waals surface area contributed by atoms with Crippen LogP contribution in [0.15, 0.2) is 66.7 Å². The lowest BCUT2D eigenvalue weighted by Gasteiger charge is -2.22. The summed E-state index contributed by atoms with van der Waals surface area (Å²) in [5, 5.41) is 3.73. The van der Waals surface area contributed by atoms with Gasteiger partial charge in [0.2, 0.25) is 10.0 Å². The number of benzene rings is 3. The number of ether oxygens (including phenoxy) is 1. The van der Waals surface area contributed by atoms with E-state index in [0.717, 1.165) is 26.8 Å². The zero-order chi connectivity index (χ0) is 24.5. The molecule has 176 valence electrons. The summed E-state index contributed by atoms with van der Waals surface area (Å²) >= 11 is 1.35. The highest BCUT2D eigenvalue weighted by molar-refractivity contribution is 7.92. The van der Waals surface area contributed by atoms with Gasteiger partial charge in [0.05, 0.1) is 36.2 Å². The van der Waals surface area contributed by atoms with Gasteiger partial charge in [-0.3, -0.25) is 9.10 Å². The van der Waals surface area contributed by atoms with Crippen LogP contribution in [0, 0.1) is 13.8 Å². The highest BCUT2D eigenvalue weighted by Gasteiger charge is 2.20. The third kappa shape index (κ3) is 5.24. The molecule has 1 aromatic heterocycles. The summed E-state index contributed by atoms with van der Waals surface area (Å²) in [4.78, 5) is 13.5. The second-order valence-electron chi connectivity index (χ2n) is 8.25. The van der Waals surface area contributed by atoms with Gasteiger partial charge in [-0.2, -0.15) is 0 Å². The number of anilines is 2. The van der Waals surface area contributed by atoms with Gasteiger partial charge in [0.15, 0.2) is 0 Å². The van der Waals surface area contributed by atoms with Crippen LogP contribution in [0.3, 0.4) is 0 Å². The fourth-order valence-corrected chi connectivity index (χ4v) is 5.48. The lowest BCUT2D eigenvalue weighted by atomic mass is 10.1. The summed E-state index contributed by atoms with van der Waals surface area (Å²) in [6, 6.07) is 20.6. The Bertz CT molecular complexity index is 1460. The number of sulfonamides is 1. The second kappa shape index (κ2) is 9.48. The first-order valence-electron chi connectivity index (χ1n) is 10.7. The van der Waals surface area contributed by atoms with Crippen LogP contribution in [0.4, 0.5) is 11.4 Å². The molecule has 4 rings (SSSR count). The minimum Gasteiger partial charge on any atom is -0.495 e. The summed E-state index contributed by atoms with van der Waals surface area (Å²) in [6.45, 7) is 4.17. The van der Waals surface area contributed by atoms with Gasteiger partial charge in [-0.25, -0.2) is 8.42 Å². The number of nitrogens with zero attached hydrogens (tertiary/aromatic N) is 1. The normalized spacial score (nSPS) is 11.4. The molecule has 0 aliphatic heterocycles. The zero-order valence-electron chi connectivity index (χ0n) is 19.5. The average Bonchev–Trinajstić information content (AvgIpc) is 3.22. The fraction of sp³-hybridized carbons (Fsp3) is 0.192. The van der Waals surface area contributed by atoms with Crippen molar-refractivity contribution in [1.82, 2.24) is 0 Å². The summed E-state index contributed by atoms with van der Waals surface area (Å²) in [5.74, 6) is 0.341. The lowest BCUT2D eigenvalue weighted by Crippen LogP contribution is -2.29. The number of aryl methyl sites for hydroxylation is 2. The van der Waals surface area contributed by atoms with Crippen molar-refractivity contribution >= 4 is 48.7 Å². The number of rotatable bonds is 7. The van der Waals surface area contributed by atoms with Crippen molar-refractivity contribution in [2.45, 2.75) is 20.4 Å². The van der Waals surface area contributed by atoms with Crippen molar-refractivity contribution in [3.8, 4) is 5.75 Å². The molecule has 0 fully saturated rings. The van der Waals surface area contributed by atoms with E-state index in [4.69, 9.17) is 4.74 Å². The molecule has 4 aromatic rings. The van der Waals surface area contributed by atoms with Gasteiger partial charge in [0.1, 0.15) is 5.75 Å². The number of hydrogen-bond donors (Lipinski definition) is 1. The number of hydrogen-bond acceptors (Lipinski definition) is 5. The Morgan fingerprint density at radius 3 is 2.35 bits per heavy atom. The number of nitrogens with one attached hydrogen (secondary N) is 1. The van der Waals surface area contributed by atoms with E-state index in [-0.39, 0.29) is 12.5 Å². The van der Waals surface area contributed by atoms with Crippen LogP contribution < -0.4 is 14.4 Å². The molecule has 0 saturated heterocycles. The van der Waals surface area contributed by atoms with Crippen molar-refractivity contribution < 1.29 is 17.9 Å². The maximum atomic E-state index is 12.9. The van der Waals surface area contributed by atoms with E-state index >= 15 is 0 Å². The number of methoxy groups -OCH3 is 1. The molecule has 1 N–H and O–H groups in total. The summed E-state index contributed by atoms with van der Waals surface area (Å²) < 4.78 is 32.8. The van der Waals surface area contributed by atoms with Crippen molar-refractivity contribution in [3.05, 3.63) is 88.3 Å². The Labute approximate surface area is 203 Å². The molecule has 0 unspecified atom stereocenters. The molecule has 34 heavy (non-hydrogen) atoms. The molecule has 0 spiro atoms. The molecular weight excluding hydrogens is 468 g/mol. The number of fused-ring (bicyclic) bond motifs is 1. The van der Waals surface area contributed by atoms with Crippen LogP contribution in [-0.2, 0) is 16.6 Å². The van der Waals surface area contributed by atoms with Crippen molar-refractivity contribution in [1.29, 1.82) is 0 Å². The van der Waals surface area contributed by atoms with E-state index < -0.39 is 10.0 Å². The van der Waals surface area contributed by atoms with Gasteiger partial charge < -0.3 is 10.1 Å². The molecule has 6 nitrogen and oxygen atoms in total. The van der Waals surface area contributed by atoms with E-state index in [1.54, 1.807) is 19.2 Å². The van der Waals surface area contributed by atoms with Gasteiger partial charge >= 0.3 is 0 Å². The zero-order valence-corrected chi connectivity index (χ0v) is 21.1. The van der Waals surface area contributed by atoms with E-state index in [0.29, 0.717) is 22.0 Å². The highest BCUT2D eigenvalue weighted by Crippen LogP contribution is 2.32. The number of thiophene rings is 1. The molecule has 0 aliphatic carbocycles. The van der Waals surface area contributed by atoms with Crippen molar-refractivity contribution in [2.75, 3.05) is 23.0 Å². The van der Waals surface area contributed by atoms with Crippen molar-refractivity contribution in [3.63, 3.8) is 0 Å². The summed E-state index contributed by atoms with van der Waals surface area (Å²) in [6.07, 6.45) is 1.20. The van der Waals surface area contributed by atoms with Crippen molar-refractivity contribution in [2.24, 2.45) is 0 Å². The van der Waals surface area contributed by atoms with Crippen LogP contribution in [0.5, 0.6) is 5.75 Å². The third-order valence-electron chi connectivity index (χ3n) is 5.46. The molecule has 0 aliphatic rings. The monoisotopic (exact) mass is 494 g/mol. The van der Waals surface area contributed by atoms with Crippen LogP contribution in [0.2, 0.25) is 0 Å². The van der Waals surface area contributed by atoms with Gasteiger partial charge in [-0.05, 0) is 66.8 Å². The van der Waals surface area contributed by atoms with E-state index in [1.165, 1.54) is 21.9 Å². The minimum absolute atomic E-state index is 0.231. The number of carbonyl (C=O) groups is 1. The first-order valence-corrected chi connectivity index (χ1v) is 13.3. The van der Waals surface area contributed by atoms with Gasteiger partial charge in [-0.1, -0.05) is 35.9 Å². The predicted molar refractivity (Wildman–Crippen MR) is 140 cm³/mol. The topological polar surface area (TPSA) is 75.7 Å². The molecule has 0 atom stereocenters. The van der Waals surface area contributed by atoms with Crippen LogP contribution in [0.25, 0.3) is 10.1 Å². The quantitative estimate of drug-likeness (QED) is 0.355. The van der Waals surface area contributed by atoms with Gasteiger partial charge in [0, 0.05) is 4.70 Å². The summed E-state index contributed by atoms with van der Waals surface area (Å²) in [5.41, 5.74) is 4.18. The Morgan fingerprint density at radius 2 is 1.68 bits per heavy atom. The van der Waals surface area contributed by atoms with Crippen LogP contribution in [0.1, 0.15) is 26.4 Å². The third-order valence-corrected chi connectivity index (χ3v) is 7.72. The standard InChI is InChI=1S/C26H26N2O4S2/c1-17-5-8-19(9-6-17)16-28(34(4,30)31)21-10-12-24-20(14-21)15-25(33-24)26(29)27-22-13-18(2)7-11-23(22)32-3/h5-15H,16H2,1-4H3,(H,27,29). The molecule has 0 bridgehead atoms. The number of carbonyl (C=O) groups excluding carboxylic acids is 1. The van der Waals surface area contributed by atoms with E-state index in [1.807, 2.05) is 68.4 Å². The Hall–Kier alpha value is -3.36. The Balaban J connectivity index is 1.63. The van der Waals surface area contributed by atoms with Gasteiger partial charge in [0.25, 0.3) is 5.91 Å². The maximum Gasteiger partial charge on any atom is 0.265 e. The van der Waals surface area contributed by atoms with Gasteiger partial charge in [-0.15, -0.1) is 11.3 Å². The molecule has 0 saturated carbocycles. The molecule has 1 amide bonds. The first kappa shape index (κ1) is 23.8. The SMILES string of the molecule is COc1ccc(C)cc1NC(=O)c1cc2cc(N(Cc3ccc(C)cc3)S(C)(=O)=O)ccc2s1. The van der Waals surface area contributed by atoms with E-state index in [9.17, 15) is 13.2 Å². The predicted octanol–water partition coefficient (Wildman–Crippen LogP) is 5.75. The summed E-state index contributed by atoms with van der Waals surface area (Å²) in [7, 11) is -1.95. The largest absolute Gasteiger partial charge is 0.495 e. The highest BCUT2D eigenvalue weighted by atomic mass is 32.2. The first-order chi connectivity index (χ1) is 16.1. The van der Waals surface area contributed by atoms with Crippen LogP contribution in [-0.4, -0.2) is 27.7 Å². The smallest absolute Gasteiger partial charge is 0.265 e. The molecule has 1 heterocycles. The maximum absolute atomic E-state index is 12.9. The van der Waals surface area contributed by atoms with E-state index in [2.05, 4.69) is 5.32 Å². The minimum atomic E-state index is -3.51. The fourth-order valence-electron chi connectivity index (χ4n) is 3.66. The van der Waals surface area contributed by atoms with Crippen LogP contribution >= 0.6 is 11.3 Å². The average molecular weight is 495 g/mol. The lowest BCUT2D eigenvalue weighted by molar-refractivity contribution is 0.103. The molecule has 0 radical (unpaired) electrons. The molecule has 8 heteroatoms. The molecule has 3 aromatic carbocycles. The number of amides is 1. The molecular formula is C26H26N2O4S2. The second-order valence-corrected chi connectivity index (χ2v) is 11.2. The Morgan fingerprint density at radius 1 is 0.971 bits per heavy atom.